The zero-order valence-electron chi connectivity index (χ0n) is 8.81. The van der Waals surface area contributed by atoms with Crippen LogP contribution in [0.2, 0.25) is 10.0 Å². The highest BCUT2D eigenvalue weighted by Gasteiger charge is 2.20. The number of nitrogens with one attached hydrogen (secondary N) is 1. The Morgan fingerprint density at radius 3 is 2.83 bits per heavy atom. The van der Waals surface area contributed by atoms with E-state index < -0.39 is 6.09 Å². The molecule has 0 fully saturated rings. The molecule has 0 saturated heterocycles. The van der Waals surface area contributed by atoms with Crippen molar-refractivity contribution in [1.29, 1.82) is 0 Å². The number of aliphatic hydroxyl groups excluding tert-OH is 1. The number of carbonyl (C=O) groups excluding carboxylic acids is 1. The summed E-state index contributed by atoms with van der Waals surface area (Å²) >= 11 is 12.9. The van der Waals surface area contributed by atoms with Crippen molar-refractivity contribution >= 4 is 57.7 Å². The van der Waals surface area contributed by atoms with Crippen LogP contribution in [0.25, 0.3) is 0 Å². The number of hydrogen-bond donors (Lipinski definition) is 2. The molecule has 0 saturated carbocycles. The summed E-state index contributed by atoms with van der Waals surface area (Å²) in [5.41, 5.74) is 1.15. The Morgan fingerprint density at radius 1 is 1.39 bits per heavy atom. The van der Waals surface area contributed by atoms with Gasteiger partial charge in [0, 0.05) is 0 Å². The summed E-state index contributed by atoms with van der Waals surface area (Å²) in [7, 11) is 0. The van der Waals surface area contributed by atoms with Crippen LogP contribution in [0.5, 0.6) is 0 Å². The van der Waals surface area contributed by atoms with Gasteiger partial charge in [0.25, 0.3) is 0 Å². The average molecular weight is 308 g/mol. The Bertz CT molecular complexity index is 573. The Kier molecular flexibility index (Phi) is 4.18. The number of amides is 1. The molecule has 1 aliphatic rings. The van der Waals surface area contributed by atoms with E-state index in [0.29, 0.717) is 16.4 Å². The summed E-state index contributed by atoms with van der Waals surface area (Å²) in [5.74, 6) is 0. The highest BCUT2D eigenvalue weighted by atomic mass is 35.5. The molecule has 1 aliphatic heterocycles. The van der Waals surface area contributed by atoms with Crippen molar-refractivity contribution in [2.45, 2.75) is 0 Å². The first-order valence-electron chi connectivity index (χ1n) is 4.78. The van der Waals surface area contributed by atoms with Gasteiger partial charge in [-0.05, 0) is 6.07 Å². The van der Waals surface area contributed by atoms with Crippen LogP contribution in [-0.4, -0.2) is 24.4 Å². The molecule has 0 bridgehead atoms. The Labute approximate surface area is 116 Å². The highest BCUT2D eigenvalue weighted by molar-refractivity contribution is 7.58. The Balaban J connectivity index is 2.27. The SMILES string of the molecule is O=C(Nc1c(Cl)cc(Cl)c2c1N=S=N2)OCCO. The molecule has 2 N–H and O–H groups in total. The molecule has 1 amide bonds. The molecular weight excluding hydrogens is 301 g/mol. The number of nitrogens with zero attached hydrogens (tertiary/aromatic N) is 2. The van der Waals surface area contributed by atoms with Crippen LogP contribution in [0.4, 0.5) is 21.9 Å². The summed E-state index contributed by atoms with van der Waals surface area (Å²) in [6, 6.07) is 1.47. The predicted molar refractivity (Wildman–Crippen MR) is 70.1 cm³/mol. The number of fused-ring (bicyclic) bond motifs is 1. The number of ether oxygens (including phenoxy) is 1. The molecule has 96 valence electrons. The summed E-state index contributed by atoms with van der Waals surface area (Å²) in [5, 5.41) is 11.6. The standard InChI is InChI=1S/C9H7Cl2N3O3S/c10-4-3-5(11)7-8(14-18-13-7)6(4)12-9(16)17-2-1-15/h3,15H,1-2H2,(H,12,16). The summed E-state index contributed by atoms with van der Waals surface area (Å²) < 4.78 is 12.7. The van der Waals surface area contributed by atoms with Gasteiger partial charge in [0.2, 0.25) is 0 Å². The van der Waals surface area contributed by atoms with Gasteiger partial charge in [0.05, 0.1) is 33.7 Å². The normalized spacial score (nSPS) is 11.9. The van der Waals surface area contributed by atoms with Crippen LogP contribution < -0.4 is 5.32 Å². The van der Waals surface area contributed by atoms with E-state index in [-0.39, 0.29) is 23.9 Å². The van der Waals surface area contributed by atoms with E-state index in [1.165, 1.54) is 6.07 Å². The lowest BCUT2D eigenvalue weighted by Gasteiger charge is -2.10. The van der Waals surface area contributed by atoms with E-state index in [0.717, 1.165) is 11.4 Å². The van der Waals surface area contributed by atoms with Crippen molar-refractivity contribution in [3.63, 3.8) is 0 Å². The first-order chi connectivity index (χ1) is 8.63. The third kappa shape index (κ3) is 2.64. The van der Waals surface area contributed by atoms with E-state index in [9.17, 15) is 4.79 Å². The fourth-order valence-electron chi connectivity index (χ4n) is 1.27. The molecule has 6 nitrogen and oxygen atoms in total. The van der Waals surface area contributed by atoms with Crippen LogP contribution in [-0.2, 0) is 16.1 Å². The van der Waals surface area contributed by atoms with Crippen LogP contribution in [0.3, 0.4) is 0 Å². The minimum Gasteiger partial charge on any atom is -0.447 e. The summed E-state index contributed by atoms with van der Waals surface area (Å²) in [4.78, 5) is 11.4. The molecule has 0 aliphatic carbocycles. The molecule has 0 radical (unpaired) electrons. The second kappa shape index (κ2) is 5.66. The molecule has 18 heavy (non-hydrogen) atoms. The van der Waals surface area contributed by atoms with Crippen LogP contribution in [0.1, 0.15) is 0 Å². The maximum Gasteiger partial charge on any atom is 0.411 e. The van der Waals surface area contributed by atoms with Crippen molar-refractivity contribution in [3.05, 3.63) is 16.1 Å². The van der Waals surface area contributed by atoms with E-state index in [1.807, 2.05) is 0 Å². The van der Waals surface area contributed by atoms with Crippen molar-refractivity contribution in [3.8, 4) is 0 Å². The minimum atomic E-state index is -0.734. The molecule has 1 aromatic carbocycles. The maximum absolute atomic E-state index is 11.4. The van der Waals surface area contributed by atoms with Crippen molar-refractivity contribution in [2.24, 2.45) is 8.73 Å². The maximum atomic E-state index is 11.4. The zero-order chi connectivity index (χ0) is 13.1. The molecule has 1 heterocycles. The van der Waals surface area contributed by atoms with E-state index >= 15 is 0 Å². The van der Waals surface area contributed by atoms with Gasteiger partial charge < -0.3 is 9.84 Å². The quantitative estimate of drug-likeness (QED) is 0.913. The topological polar surface area (TPSA) is 83.3 Å². The molecule has 0 spiro atoms. The fraction of sp³-hybridized carbons (Fsp3) is 0.222. The first-order valence-corrected chi connectivity index (χ1v) is 6.27. The van der Waals surface area contributed by atoms with Crippen LogP contribution >= 0.6 is 23.2 Å². The van der Waals surface area contributed by atoms with Crippen molar-refractivity contribution < 1.29 is 14.6 Å². The molecule has 2 rings (SSSR count). The molecular formula is C9H7Cl2N3O3S. The summed E-state index contributed by atoms with van der Waals surface area (Å²) in [6.07, 6.45) is -0.734. The third-order valence-corrected chi connectivity index (χ3v) is 3.11. The number of rotatable bonds is 3. The largest absolute Gasteiger partial charge is 0.447 e. The Morgan fingerprint density at radius 2 is 2.11 bits per heavy atom. The number of anilines is 1. The number of benzene rings is 1. The monoisotopic (exact) mass is 307 g/mol. The van der Waals surface area contributed by atoms with Gasteiger partial charge in [0.15, 0.2) is 0 Å². The van der Waals surface area contributed by atoms with Crippen molar-refractivity contribution in [1.82, 2.24) is 0 Å². The molecule has 1 aromatic rings. The zero-order valence-corrected chi connectivity index (χ0v) is 11.1. The first kappa shape index (κ1) is 13.3. The van der Waals surface area contributed by atoms with Gasteiger partial charge in [0.1, 0.15) is 18.0 Å². The average Bonchev–Trinajstić information content (AvgIpc) is 2.81. The predicted octanol–water partition coefficient (Wildman–Crippen LogP) is 3.26. The smallest absolute Gasteiger partial charge is 0.411 e. The lowest BCUT2D eigenvalue weighted by Crippen LogP contribution is -2.16. The number of carbonyl (C=O) groups is 1. The number of hydrogen-bond acceptors (Lipinski definition) is 5. The molecule has 0 atom stereocenters. The Hall–Kier alpha value is -1.15. The minimum absolute atomic E-state index is 0.102. The number of aliphatic hydroxyl groups is 1. The van der Waals surface area contributed by atoms with Gasteiger partial charge in [-0.1, -0.05) is 23.2 Å². The third-order valence-electron chi connectivity index (χ3n) is 2.00. The molecule has 0 aromatic heterocycles. The fourth-order valence-corrected chi connectivity index (χ4v) is 2.43. The lowest BCUT2D eigenvalue weighted by atomic mass is 10.2. The van der Waals surface area contributed by atoms with Crippen LogP contribution in [0.15, 0.2) is 14.8 Å². The van der Waals surface area contributed by atoms with Crippen LogP contribution in [0, 0.1) is 0 Å². The van der Waals surface area contributed by atoms with E-state index in [4.69, 9.17) is 28.3 Å². The number of halogens is 2. The van der Waals surface area contributed by atoms with Crippen molar-refractivity contribution in [2.75, 3.05) is 18.5 Å². The second-order valence-electron chi connectivity index (χ2n) is 3.16. The molecule has 0 unspecified atom stereocenters. The highest BCUT2D eigenvalue weighted by Crippen LogP contribution is 2.47. The summed E-state index contributed by atoms with van der Waals surface area (Å²) in [6.45, 7) is -0.356. The van der Waals surface area contributed by atoms with Gasteiger partial charge in [-0.15, -0.1) is 0 Å². The van der Waals surface area contributed by atoms with Gasteiger partial charge in [-0.3, -0.25) is 5.32 Å². The second-order valence-corrected chi connectivity index (χ2v) is 4.50. The molecule has 9 heteroatoms. The van der Waals surface area contributed by atoms with E-state index in [2.05, 4.69) is 18.8 Å². The lowest BCUT2D eigenvalue weighted by molar-refractivity contribution is 0.131. The van der Waals surface area contributed by atoms with E-state index in [1.54, 1.807) is 0 Å². The van der Waals surface area contributed by atoms with Gasteiger partial charge >= 0.3 is 6.09 Å². The van der Waals surface area contributed by atoms with Gasteiger partial charge in [-0.2, -0.15) is 8.73 Å². The van der Waals surface area contributed by atoms with Gasteiger partial charge in [-0.25, -0.2) is 4.79 Å².